The molecule has 0 spiro atoms. The van der Waals surface area contributed by atoms with Crippen LogP contribution in [0, 0.1) is 5.92 Å². The van der Waals surface area contributed by atoms with Gasteiger partial charge >= 0.3 is 6.18 Å². The third-order valence-electron chi connectivity index (χ3n) is 1.28. The predicted molar refractivity (Wildman–Crippen MR) is 33.5 cm³/mol. The van der Waals surface area contributed by atoms with Crippen molar-refractivity contribution in [2.24, 2.45) is 11.7 Å². The fourth-order valence-electron chi connectivity index (χ4n) is 0.691. The molecule has 62 valence electrons. The summed E-state index contributed by atoms with van der Waals surface area (Å²) in [7, 11) is 0. The Hall–Kier alpha value is -0.250. The molecular formula is C6H12F3N. The smallest absolute Gasteiger partial charge is 0.328 e. The second-order valence-corrected chi connectivity index (χ2v) is 2.66. The first kappa shape index (κ1) is 9.75. The molecule has 10 heavy (non-hydrogen) atoms. The van der Waals surface area contributed by atoms with Gasteiger partial charge in [-0.05, 0) is 13.3 Å². The van der Waals surface area contributed by atoms with Crippen molar-refractivity contribution >= 4 is 0 Å². The van der Waals surface area contributed by atoms with Crippen LogP contribution in [-0.4, -0.2) is 12.2 Å². The monoisotopic (exact) mass is 155 g/mol. The van der Waals surface area contributed by atoms with Gasteiger partial charge in [0.2, 0.25) is 0 Å². The zero-order valence-corrected chi connectivity index (χ0v) is 6.07. The molecule has 0 saturated heterocycles. The van der Waals surface area contributed by atoms with Crippen LogP contribution in [0.4, 0.5) is 13.2 Å². The molecule has 0 aliphatic rings. The Morgan fingerprint density at radius 2 is 1.70 bits per heavy atom. The van der Waals surface area contributed by atoms with Gasteiger partial charge in [0.15, 0.2) is 0 Å². The van der Waals surface area contributed by atoms with Gasteiger partial charge in [-0.3, -0.25) is 0 Å². The largest absolute Gasteiger partial charge is 0.391 e. The molecule has 0 rings (SSSR count). The van der Waals surface area contributed by atoms with Crippen molar-refractivity contribution in [1.82, 2.24) is 0 Å². The van der Waals surface area contributed by atoms with E-state index in [0.29, 0.717) is 0 Å². The topological polar surface area (TPSA) is 26.0 Å². The molecular weight excluding hydrogens is 143 g/mol. The quantitative estimate of drug-likeness (QED) is 0.647. The van der Waals surface area contributed by atoms with E-state index >= 15 is 0 Å². The number of halogens is 3. The standard InChI is InChI=1S/C6H12F3N/c1-4(3-5(2)10)6(7,8)9/h4-5H,3,10H2,1-2H3/t4-,5+/m0/s1. The number of hydrogen-bond acceptors (Lipinski definition) is 1. The van der Waals surface area contributed by atoms with E-state index in [1.807, 2.05) is 0 Å². The second-order valence-electron chi connectivity index (χ2n) is 2.66. The first-order chi connectivity index (χ1) is 4.34. The summed E-state index contributed by atoms with van der Waals surface area (Å²) in [5.41, 5.74) is 5.19. The molecule has 0 aliphatic heterocycles. The molecule has 0 aromatic rings. The highest BCUT2D eigenvalue weighted by atomic mass is 19.4. The molecule has 0 aromatic carbocycles. The van der Waals surface area contributed by atoms with Gasteiger partial charge in [-0.1, -0.05) is 6.92 Å². The maximum absolute atomic E-state index is 11.8. The molecule has 2 N–H and O–H groups in total. The van der Waals surface area contributed by atoms with Gasteiger partial charge < -0.3 is 5.73 Å². The van der Waals surface area contributed by atoms with E-state index in [1.54, 1.807) is 6.92 Å². The Kier molecular flexibility index (Phi) is 3.15. The van der Waals surface area contributed by atoms with Crippen LogP contribution in [-0.2, 0) is 0 Å². The van der Waals surface area contributed by atoms with E-state index in [1.165, 1.54) is 0 Å². The van der Waals surface area contributed by atoms with Crippen LogP contribution < -0.4 is 5.73 Å². The fraction of sp³-hybridized carbons (Fsp3) is 1.00. The highest BCUT2D eigenvalue weighted by molar-refractivity contribution is 4.66. The summed E-state index contributed by atoms with van der Waals surface area (Å²) in [6.45, 7) is 2.71. The van der Waals surface area contributed by atoms with E-state index in [-0.39, 0.29) is 12.5 Å². The van der Waals surface area contributed by atoms with Crippen LogP contribution >= 0.6 is 0 Å². The molecule has 4 heteroatoms. The molecule has 0 saturated carbocycles. The summed E-state index contributed by atoms with van der Waals surface area (Å²) >= 11 is 0. The zero-order valence-electron chi connectivity index (χ0n) is 6.07. The lowest BCUT2D eigenvalue weighted by atomic mass is 10.0. The lowest BCUT2D eigenvalue weighted by Crippen LogP contribution is -2.27. The first-order valence-electron chi connectivity index (χ1n) is 3.16. The minimum Gasteiger partial charge on any atom is -0.328 e. The van der Waals surface area contributed by atoms with Crippen molar-refractivity contribution in [3.63, 3.8) is 0 Å². The number of rotatable bonds is 2. The molecule has 0 amide bonds. The van der Waals surface area contributed by atoms with Crippen molar-refractivity contribution in [3.8, 4) is 0 Å². The lowest BCUT2D eigenvalue weighted by Gasteiger charge is -2.16. The van der Waals surface area contributed by atoms with E-state index in [0.717, 1.165) is 6.92 Å². The molecule has 0 heterocycles. The Morgan fingerprint density at radius 3 is 1.80 bits per heavy atom. The van der Waals surface area contributed by atoms with Crippen LogP contribution in [0.5, 0.6) is 0 Å². The third kappa shape index (κ3) is 3.71. The highest BCUT2D eigenvalue weighted by Gasteiger charge is 2.35. The Bertz CT molecular complexity index is 97.7. The molecule has 0 aromatic heterocycles. The third-order valence-corrected chi connectivity index (χ3v) is 1.28. The van der Waals surface area contributed by atoms with Gasteiger partial charge in [0.25, 0.3) is 0 Å². The average molecular weight is 155 g/mol. The van der Waals surface area contributed by atoms with Gasteiger partial charge in [0.05, 0.1) is 5.92 Å². The van der Waals surface area contributed by atoms with Crippen LogP contribution in [0.3, 0.4) is 0 Å². The summed E-state index contributed by atoms with van der Waals surface area (Å²) in [6, 6.07) is -0.378. The SMILES string of the molecule is C[C@@H](N)C[C@H](C)C(F)(F)F. The minimum atomic E-state index is -4.09. The van der Waals surface area contributed by atoms with Gasteiger partial charge in [-0.2, -0.15) is 13.2 Å². The zero-order chi connectivity index (χ0) is 8.36. The number of alkyl halides is 3. The maximum Gasteiger partial charge on any atom is 0.391 e. The summed E-state index contributed by atoms with van der Waals surface area (Å²) in [5.74, 6) is -1.28. The van der Waals surface area contributed by atoms with E-state index < -0.39 is 12.1 Å². The highest BCUT2D eigenvalue weighted by Crippen LogP contribution is 2.28. The lowest BCUT2D eigenvalue weighted by molar-refractivity contribution is -0.171. The van der Waals surface area contributed by atoms with E-state index in [4.69, 9.17) is 5.73 Å². The van der Waals surface area contributed by atoms with Gasteiger partial charge in [0, 0.05) is 6.04 Å². The Balaban J connectivity index is 3.73. The molecule has 0 aliphatic carbocycles. The first-order valence-corrected chi connectivity index (χ1v) is 3.16. The van der Waals surface area contributed by atoms with E-state index in [2.05, 4.69) is 0 Å². The number of nitrogens with two attached hydrogens (primary N) is 1. The number of hydrogen-bond donors (Lipinski definition) is 1. The normalized spacial score (nSPS) is 18.6. The molecule has 0 bridgehead atoms. The van der Waals surface area contributed by atoms with Crippen LogP contribution in [0.1, 0.15) is 20.3 Å². The maximum atomic E-state index is 11.8. The fourth-order valence-corrected chi connectivity index (χ4v) is 0.691. The summed E-state index contributed by atoms with van der Waals surface area (Å²) in [6.07, 6.45) is -4.09. The van der Waals surface area contributed by atoms with Crippen molar-refractivity contribution in [2.75, 3.05) is 0 Å². The van der Waals surface area contributed by atoms with Crippen molar-refractivity contribution in [3.05, 3.63) is 0 Å². The second kappa shape index (κ2) is 3.23. The van der Waals surface area contributed by atoms with Crippen LogP contribution in [0.25, 0.3) is 0 Å². The molecule has 0 unspecified atom stereocenters. The Morgan fingerprint density at radius 1 is 1.30 bits per heavy atom. The van der Waals surface area contributed by atoms with Gasteiger partial charge in [0.1, 0.15) is 0 Å². The average Bonchev–Trinajstić information content (AvgIpc) is 1.60. The molecule has 1 nitrogen and oxygen atoms in total. The van der Waals surface area contributed by atoms with E-state index in [9.17, 15) is 13.2 Å². The summed E-state index contributed by atoms with van der Waals surface area (Å²) in [5, 5.41) is 0. The predicted octanol–water partition coefficient (Wildman–Crippen LogP) is 1.92. The van der Waals surface area contributed by atoms with Crippen LogP contribution in [0.15, 0.2) is 0 Å². The Labute approximate surface area is 58.4 Å². The van der Waals surface area contributed by atoms with Gasteiger partial charge in [-0.25, -0.2) is 0 Å². The minimum absolute atomic E-state index is 0.00347. The summed E-state index contributed by atoms with van der Waals surface area (Å²) < 4.78 is 35.3. The molecule has 2 atom stereocenters. The van der Waals surface area contributed by atoms with Crippen molar-refractivity contribution in [2.45, 2.75) is 32.5 Å². The van der Waals surface area contributed by atoms with Crippen molar-refractivity contribution < 1.29 is 13.2 Å². The van der Waals surface area contributed by atoms with Crippen LogP contribution in [0.2, 0.25) is 0 Å². The van der Waals surface area contributed by atoms with Gasteiger partial charge in [-0.15, -0.1) is 0 Å². The summed E-state index contributed by atoms with van der Waals surface area (Å²) in [4.78, 5) is 0. The molecule has 0 radical (unpaired) electrons. The van der Waals surface area contributed by atoms with Crippen molar-refractivity contribution in [1.29, 1.82) is 0 Å². The molecule has 0 fully saturated rings.